The summed E-state index contributed by atoms with van der Waals surface area (Å²) < 4.78 is 26.8. The summed E-state index contributed by atoms with van der Waals surface area (Å²) in [4.78, 5) is 22.6. The molecule has 0 heterocycles. The quantitative estimate of drug-likeness (QED) is 0.660. The van der Waals surface area contributed by atoms with Gasteiger partial charge >= 0.3 is 0 Å². The van der Waals surface area contributed by atoms with E-state index in [-0.39, 0.29) is 23.0 Å². The molecule has 0 aromatic heterocycles. The SMILES string of the molecule is CC(=O)c1ccc(C#CCNS(=O)(=O)c2cccc(C(C)=O)c2)cc1. The maximum absolute atomic E-state index is 12.2. The van der Waals surface area contributed by atoms with Crippen LogP contribution in [0.3, 0.4) is 0 Å². The molecule has 6 heteroatoms. The fraction of sp³-hybridized carbons (Fsp3) is 0.158. The Balaban J connectivity index is 2.05. The van der Waals surface area contributed by atoms with Gasteiger partial charge in [-0.3, -0.25) is 9.59 Å². The first kappa shape index (κ1) is 18.6. The van der Waals surface area contributed by atoms with E-state index in [1.165, 1.54) is 32.0 Å². The van der Waals surface area contributed by atoms with Crippen molar-refractivity contribution in [2.45, 2.75) is 18.7 Å². The Morgan fingerprint density at radius 3 is 2.20 bits per heavy atom. The van der Waals surface area contributed by atoms with Crippen molar-refractivity contribution in [2.75, 3.05) is 6.54 Å². The number of ketones is 2. The molecule has 0 aliphatic rings. The van der Waals surface area contributed by atoms with Gasteiger partial charge in [-0.15, -0.1) is 0 Å². The molecular weight excluding hydrogens is 338 g/mol. The van der Waals surface area contributed by atoms with Gasteiger partial charge in [0.25, 0.3) is 0 Å². The molecule has 0 atom stereocenters. The van der Waals surface area contributed by atoms with Crippen LogP contribution in [0.15, 0.2) is 53.4 Å². The summed E-state index contributed by atoms with van der Waals surface area (Å²) in [5.41, 5.74) is 1.61. The number of rotatable bonds is 5. The third-order valence-corrected chi connectivity index (χ3v) is 4.82. The second kappa shape index (κ2) is 7.88. The zero-order valence-electron chi connectivity index (χ0n) is 13.9. The Morgan fingerprint density at radius 2 is 1.60 bits per heavy atom. The highest BCUT2D eigenvalue weighted by atomic mass is 32.2. The average Bonchev–Trinajstić information content (AvgIpc) is 2.59. The fourth-order valence-electron chi connectivity index (χ4n) is 2.03. The maximum atomic E-state index is 12.2. The molecule has 0 unspecified atom stereocenters. The van der Waals surface area contributed by atoms with E-state index in [0.717, 1.165) is 0 Å². The molecule has 0 radical (unpaired) electrons. The molecule has 0 bridgehead atoms. The summed E-state index contributed by atoms with van der Waals surface area (Å²) in [7, 11) is -3.74. The summed E-state index contributed by atoms with van der Waals surface area (Å²) in [5, 5.41) is 0. The molecule has 0 fully saturated rings. The number of hydrogen-bond donors (Lipinski definition) is 1. The maximum Gasteiger partial charge on any atom is 0.241 e. The Labute approximate surface area is 147 Å². The lowest BCUT2D eigenvalue weighted by Crippen LogP contribution is -2.24. The summed E-state index contributed by atoms with van der Waals surface area (Å²) in [6.45, 7) is 2.79. The molecule has 0 aliphatic carbocycles. The van der Waals surface area contributed by atoms with Crippen LogP contribution in [-0.4, -0.2) is 26.5 Å². The van der Waals surface area contributed by atoms with E-state index in [1.54, 1.807) is 30.3 Å². The van der Waals surface area contributed by atoms with E-state index in [2.05, 4.69) is 16.6 Å². The minimum absolute atomic E-state index is 0.0211. The summed E-state index contributed by atoms with van der Waals surface area (Å²) in [6, 6.07) is 12.6. The van der Waals surface area contributed by atoms with E-state index in [0.29, 0.717) is 16.7 Å². The highest BCUT2D eigenvalue weighted by molar-refractivity contribution is 7.89. The Hall–Kier alpha value is -2.75. The van der Waals surface area contributed by atoms with E-state index in [4.69, 9.17) is 0 Å². The third-order valence-electron chi connectivity index (χ3n) is 3.43. The molecule has 0 spiro atoms. The van der Waals surface area contributed by atoms with Crippen molar-refractivity contribution in [3.63, 3.8) is 0 Å². The molecule has 2 aromatic rings. The van der Waals surface area contributed by atoms with Gasteiger partial charge in [-0.1, -0.05) is 36.1 Å². The first-order valence-corrected chi connectivity index (χ1v) is 8.98. The number of sulfonamides is 1. The summed E-state index contributed by atoms with van der Waals surface area (Å²) >= 11 is 0. The minimum atomic E-state index is -3.74. The topological polar surface area (TPSA) is 80.3 Å². The second-order valence-electron chi connectivity index (χ2n) is 5.34. The molecular formula is C19H17NO4S. The molecule has 2 rings (SSSR count). The third kappa shape index (κ3) is 5.11. The van der Waals surface area contributed by atoms with Crippen LogP contribution in [0.25, 0.3) is 0 Å². The van der Waals surface area contributed by atoms with Crippen LogP contribution < -0.4 is 4.72 Å². The van der Waals surface area contributed by atoms with Crippen LogP contribution in [-0.2, 0) is 10.0 Å². The minimum Gasteiger partial charge on any atom is -0.295 e. The summed E-state index contributed by atoms with van der Waals surface area (Å²) in [5.74, 6) is 5.31. The van der Waals surface area contributed by atoms with Crippen LogP contribution in [0.1, 0.15) is 40.1 Å². The first-order valence-electron chi connectivity index (χ1n) is 7.50. The van der Waals surface area contributed by atoms with E-state index in [1.807, 2.05) is 0 Å². The highest BCUT2D eigenvalue weighted by Gasteiger charge is 2.14. The van der Waals surface area contributed by atoms with E-state index >= 15 is 0 Å². The van der Waals surface area contributed by atoms with Gasteiger partial charge in [-0.25, -0.2) is 8.42 Å². The van der Waals surface area contributed by atoms with Gasteiger partial charge < -0.3 is 0 Å². The van der Waals surface area contributed by atoms with E-state index in [9.17, 15) is 18.0 Å². The number of carbonyl (C=O) groups excluding carboxylic acids is 2. The summed E-state index contributed by atoms with van der Waals surface area (Å²) in [6.07, 6.45) is 0. The molecule has 2 aromatic carbocycles. The van der Waals surface area contributed by atoms with Crippen molar-refractivity contribution in [1.82, 2.24) is 4.72 Å². The highest BCUT2D eigenvalue weighted by Crippen LogP contribution is 2.11. The van der Waals surface area contributed by atoms with Crippen molar-refractivity contribution in [3.8, 4) is 11.8 Å². The van der Waals surface area contributed by atoms with Crippen LogP contribution in [0.2, 0.25) is 0 Å². The normalized spacial score (nSPS) is 10.6. The molecule has 0 saturated heterocycles. The van der Waals surface area contributed by atoms with Gasteiger partial charge in [-0.05, 0) is 38.1 Å². The van der Waals surface area contributed by atoms with Crippen molar-refractivity contribution < 1.29 is 18.0 Å². The predicted molar refractivity (Wildman–Crippen MR) is 95.0 cm³/mol. The zero-order chi connectivity index (χ0) is 18.4. The Morgan fingerprint density at radius 1 is 0.960 bits per heavy atom. The van der Waals surface area contributed by atoms with Crippen molar-refractivity contribution >= 4 is 21.6 Å². The van der Waals surface area contributed by atoms with Gasteiger partial charge in [0, 0.05) is 16.7 Å². The number of carbonyl (C=O) groups is 2. The molecule has 5 nitrogen and oxygen atoms in total. The van der Waals surface area contributed by atoms with Crippen molar-refractivity contribution in [2.24, 2.45) is 0 Å². The smallest absolute Gasteiger partial charge is 0.241 e. The lowest BCUT2D eigenvalue weighted by Gasteiger charge is -2.05. The first-order chi connectivity index (χ1) is 11.8. The second-order valence-corrected chi connectivity index (χ2v) is 7.11. The number of benzene rings is 2. The number of hydrogen-bond acceptors (Lipinski definition) is 4. The van der Waals surface area contributed by atoms with Gasteiger partial charge in [0.2, 0.25) is 10.0 Å². The molecule has 0 amide bonds. The fourth-order valence-corrected chi connectivity index (χ4v) is 3.00. The van der Waals surface area contributed by atoms with Gasteiger partial charge in [-0.2, -0.15) is 4.72 Å². The standard InChI is InChI=1S/C19H17NO4S/c1-14(21)17-10-8-16(9-11-17)5-4-12-20-25(23,24)19-7-3-6-18(13-19)15(2)22/h3,6-11,13,20H,12H2,1-2H3. The molecule has 25 heavy (non-hydrogen) atoms. The van der Waals surface area contributed by atoms with Gasteiger partial charge in [0.15, 0.2) is 11.6 Å². The zero-order valence-corrected chi connectivity index (χ0v) is 14.7. The monoisotopic (exact) mass is 355 g/mol. The van der Waals surface area contributed by atoms with Crippen molar-refractivity contribution in [1.29, 1.82) is 0 Å². The van der Waals surface area contributed by atoms with E-state index < -0.39 is 10.0 Å². The number of nitrogens with one attached hydrogen (secondary N) is 1. The number of Topliss-reactive ketones (excluding diaryl/α,β-unsaturated/α-hetero) is 2. The van der Waals surface area contributed by atoms with Crippen molar-refractivity contribution in [3.05, 3.63) is 65.2 Å². The largest absolute Gasteiger partial charge is 0.295 e. The van der Waals surface area contributed by atoms with Crippen LogP contribution >= 0.6 is 0 Å². The lowest BCUT2D eigenvalue weighted by atomic mass is 10.1. The predicted octanol–water partition coefficient (Wildman–Crippen LogP) is 2.42. The molecule has 0 saturated carbocycles. The van der Waals surface area contributed by atoms with Crippen LogP contribution in [0.5, 0.6) is 0 Å². The molecule has 128 valence electrons. The Kier molecular flexibility index (Phi) is 5.86. The van der Waals surface area contributed by atoms with Gasteiger partial charge in [0.05, 0.1) is 11.4 Å². The Bertz CT molecular complexity index is 964. The molecule has 0 aliphatic heterocycles. The average molecular weight is 355 g/mol. The van der Waals surface area contributed by atoms with Gasteiger partial charge in [0.1, 0.15) is 0 Å². The van der Waals surface area contributed by atoms with Crippen LogP contribution in [0, 0.1) is 11.8 Å². The van der Waals surface area contributed by atoms with Crippen LogP contribution in [0.4, 0.5) is 0 Å². The lowest BCUT2D eigenvalue weighted by molar-refractivity contribution is 0.100. The molecule has 1 N–H and O–H groups in total.